The van der Waals surface area contributed by atoms with Gasteiger partial charge in [0.2, 0.25) is 0 Å². The fourth-order valence-electron chi connectivity index (χ4n) is 0.250. The van der Waals surface area contributed by atoms with E-state index in [1.54, 1.807) is 0 Å². The van der Waals surface area contributed by atoms with Gasteiger partial charge in [-0.1, -0.05) is 85.6 Å². The molecule has 0 aromatic carbocycles. The topological polar surface area (TPSA) is 38.0 Å². The zero-order valence-electron chi connectivity index (χ0n) is 8.91. The van der Waals surface area contributed by atoms with Crippen LogP contribution in [0.2, 0.25) is 0 Å². The SMILES string of the molecule is C.C.C.C.C.C.CCC.CCN.CCNCC. The molecule has 2 nitrogen and oxygen atoms in total. The van der Waals surface area contributed by atoms with Gasteiger partial charge in [-0.05, 0) is 19.6 Å². The first-order chi connectivity index (χ1) is 5.24. The van der Waals surface area contributed by atoms with E-state index in [4.69, 9.17) is 5.73 Å². The van der Waals surface area contributed by atoms with Crippen molar-refractivity contribution in [2.45, 2.75) is 85.6 Å². The second-order valence-electron chi connectivity index (χ2n) is 2.07. The predicted octanol–water partition coefficient (Wildman–Crippen LogP) is 5.81. The summed E-state index contributed by atoms with van der Waals surface area (Å²) in [7, 11) is 0. The van der Waals surface area contributed by atoms with Crippen LogP contribution in [0.5, 0.6) is 0 Å². The zero-order chi connectivity index (χ0) is 9.54. The van der Waals surface area contributed by atoms with Crippen molar-refractivity contribution in [1.29, 1.82) is 0 Å². The minimum atomic E-state index is 0. The maximum Gasteiger partial charge on any atom is -0.00775 e. The van der Waals surface area contributed by atoms with Gasteiger partial charge in [0.15, 0.2) is 0 Å². The predicted molar refractivity (Wildman–Crippen MR) is 95.3 cm³/mol. The molecule has 0 spiro atoms. The van der Waals surface area contributed by atoms with Gasteiger partial charge in [0.05, 0.1) is 0 Å². The molecule has 120 valence electrons. The van der Waals surface area contributed by atoms with Crippen LogP contribution in [-0.2, 0) is 0 Å². The van der Waals surface area contributed by atoms with E-state index in [0.717, 1.165) is 19.6 Å². The van der Waals surface area contributed by atoms with Gasteiger partial charge in [0, 0.05) is 0 Å². The first-order valence-corrected chi connectivity index (χ1v) is 4.65. The van der Waals surface area contributed by atoms with Gasteiger partial charge in [-0.15, -0.1) is 0 Å². The number of nitrogens with one attached hydrogen (secondary N) is 1. The summed E-state index contributed by atoms with van der Waals surface area (Å²) in [4.78, 5) is 0. The Labute approximate surface area is 117 Å². The zero-order valence-corrected chi connectivity index (χ0v) is 8.91. The van der Waals surface area contributed by atoms with E-state index in [9.17, 15) is 0 Å². The summed E-state index contributed by atoms with van der Waals surface area (Å²) in [6.07, 6.45) is 1.25. The molecule has 0 aliphatic carbocycles. The van der Waals surface area contributed by atoms with Crippen molar-refractivity contribution < 1.29 is 0 Å². The van der Waals surface area contributed by atoms with E-state index < -0.39 is 0 Å². The van der Waals surface area contributed by atoms with Crippen LogP contribution < -0.4 is 11.1 Å². The second kappa shape index (κ2) is 146. The Hall–Kier alpha value is -0.0800. The third kappa shape index (κ3) is 837. The Morgan fingerprint density at radius 1 is 0.647 bits per heavy atom. The lowest BCUT2D eigenvalue weighted by Crippen LogP contribution is -2.09. The molecule has 0 bridgehead atoms. The fraction of sp³-hybridized carbons (Fsp3) is 1.00. The number of hydrogen-bond donors (Lipinski definition) is 2. The highest BCUT2D eigenvalue weighted by Crippen LogP contribution is 1.56. The Bertz CT molecular complexity index is 28.1. The van der Waals surface area contributed by atoms with E-state index in [1.807, 2.05) is 6.92 Å². The van der Waals surface area contributed by atoms with Crippen molar-refractivity contribution in [2.24, 2.45) is 5.73 Å². The van der Waals surface area contributed by atoms with Crippen LogP contribution in [0.3, 0.4) is 0 Å². The quantitative estimate of drug-likeness (QED) is 0.655. The van der Waals surface area contributed by atoms with Crippen molar-refractivity contribution in [3.63, 3.8) is 0 Å². The van der Waals surface area contributed by atoms with Crippen LogP contribution in [0, 0.1) is 0 Å². The highest BCUT2D eigenvalue weighted by Gasteiger charge is 1.62. The molecule has 0 unspecified atom stereocenters. The lowest BCUT2D eigenvalue weighted by molar-refractivity contribution is 0.762. The first kappa shape index (κ1) is 68.4. The standard InChI is InChI=1S/C4H11N.C3H8.C2H7N.6CH4/c1-3-5-4-2;1-3-2;1-2-3;;;;;;/h5H,3-4H2,1-2H3;3H2,1-2H3;2-3H2,1H3;6*1H4. The Kier molecular flexibility index (Phi) is 589. The molecule has 0 atom stereocenters. The largest absolute Gasteiger partial charge is 0.331 e. The smallest absolute Gasteiger partial charge is 0.00775 e. The van der Waals surface area contributed by atoms with E-state index >= 15 is 0 Å². The molecular formula is C15H50N2. The summed E-state index contributed by atoms with van der Waals surface area (Å²) in [6, 6.07) is 0. The van der Waals surface area contributed by atoms with Gasteiger partial charge in [0.1, 0.15) is 0 Å². The monoisotopic (exact) mass is 258 g/mol. The Morgan fingerprint density at radius 2 is 0.765 bits per heavy atom. The van der Waals surface area contributed by atoms with E-state index in [1.165, 1.54) is 6.42 Å². The summed E-state index contributed by atoms with van der Waals surface area (Å²) in [5, 5.41) is 3.11. The summed E-state index contributed by atoms with van der Waals surface area (Å²) in [5.41, 5.74) is 4.85. The molecule has 17 heavy (non-hydrogen) atoms. The molecule has 0 aliphatic rings. The fourth-order valence-corrected chi connectivity index (χ4v) is 0.250. The van der Waals surface area contributed by atoms with Gasteiger partial charge < -0.3 is 11.1 Å². The van der Waals surface area contributed by atoms with Gasteiger partial charge >= 0.3 is 0 Å². The van der Waals surface area contributed by atoms with Crippen LogP contribution >= 0.6 is 0 Å². The molecule has 0 aromatic heterocycles. The van der Waals surface area contributed by atoms with Crippen LogP contribution in [0.15, 0.2) is 0 Å². The first-order valence-electron chi connectivity index (χ1n) is 4.65. The second-order valence-corrected chi connectivity index (χ2v) is 2.07. The third-order valence-corrected chi connectivity index (χ3v) is 0.500. The lowest BCUT2D eigenvalue weighted by Gasteiger charge is -1.86. The lowest BCUT2D eigenvalue weighted by atomic mass is 10.6. The third-order valence-electron chi connectivity index (χ3n) is 0.500. The summed E-state index contributed by atoms with van der Waals surface area (Å²) >= 11 is 0. The van der Waals surface area contributed by atoms with Gasteiger partial charge in [-0.2, -0.15) is 0 Å². The Morgan fingerprint density at radius 3 is 0.765 bits per heavy atom. The number of rotatable bonds is 2. The molecule has 2 heteroatoms. The highest BCUT2D eigenvalue weighted by molar-refractivity contribution is 4.27. The average Bonchev–Trinajstić information content (AvgIpc) is 1.92. The van der Waals surface area contributed by atoms with Crippen LogP contribution in [0.25, 0.3) is 0 Å². The van der Waals surface area contributed by atoms with Gasteiger partial charge in [-0.3, -0.25) is 0 Å². The molecule has 0 rings (SSSR count). The minimum Gasteiger partial charge on any atom is -0.331 e. The van der Waals surface area contributed by atoms with Gasteiger partial charge in [-0.25, -0.2) is 0 Å². The van der Waals surface area contributed by atoms with E-state index in [0.29, 0.717) is 0 Å². The van der Waals surface area contributed by atoms with E-state index in [-0.39, 0.29) is 44.6 Å². The molecule has 0 aliphatic heterocycles. The van der Waals surface area contributed by atoms with Gasteiger partial charge in [0.25, 0.3) is 0 Å². The molecule has 0 saturated heterocycles. The maximum atomic E-state index is 4.85. The number of hydrogen-bond acceptors (Lipinski definition) is 2. The number of nitrogens with two attached hydrogens (primary N) is 1. The molecule has 0 aromatic rings. The van der Waals surface area contributed by atoms with Crippen LogP contribution in [0.4, 0.5) is 0 Å². The molecule has 0 saturated carbocycles. The van der Waals surface area contributed by atoms with Crippen LogP contribution in [0.1, 0.15) is 85.6 Å². The molecule has 3 N–H and O–H groups in total. The molecule has 0 fully saturated rings. The molecule has 0 amide bonds. The highest BCUT2D eigenvalue weighted by atomic mass is 14.8. The normalized spacial score (nSPS) is 4.59. The summed E-state index contributed by atoms with van der Waals surface area (Å²) < 4.78 is 0. The maximum absolute atomic E-state index is 4.85. The minimum absolute atomic E-state index is 0. The van der Waals surface area contributed by atoms with Crippen molar-refractivity contribution >= 4 is 0 Å². The molecule has 0 radical (unpaired) electrons. The van der Waals surface area contributed by atoms with E-state index in [2.05, 4.69) is 33.0 Å². The summed E-state index contributed by atoms with van der Waals surface area (Å²) in [6.45, 7) is 13.3. The van der Waals surface area contributed by atoms with Crippen LogP contribution in [-0.4, -0.2) is 19.6 Å². The Balaban J connectivity index is -0.00000000707. The summed E-state index contributed by atoms with van der Waals surface area (Å²) in [5.74, 6) is 0. The van der Waals surface area contributed by atoms with Crippen molar-refractivity contribution in [3.8, 4) is 0 Å². The molecule has 0 heterocycles. The van der Waals surface area contributed by atoms with Crippen molar-refractivity contribution in [1.82, 2.24) is 5.32 Å². The molecular weight excluding hydrogens is 208 g/mol. The van der Waals surface area contributed by atoms with Crippen molar-refractivity contribution in [3.05, 3.63) is 0 Å². The average molecular weight is 259 g/mol. The van der Waals surface area contributed by atoms with Crippen molar-refractivity contribution in [2.75, 3.05) is 19.6 Å².